The first-order valence-corrected chi connectivity index (χ1v) is 5.20. The molecule has 0 spiro atoms. The van der Waals surface area contributed by atoms with Gasteiger partial charge in [0.15, 0.2) is 0 Å². The molecule has 0 aromatic carbocycles. The maximum Gasteiger partial charge on any atom is 0.416 e. The summed E-state index contributed by atoms with van der Waals surface area (Å²) in [7, 11) is 4.28. The number of urea groups is 1. The van der Waals surface area contributed by atoms with Gasteiger partial charge in [0.25, 0.3) is 0 Å². The van der Waals surface area contributed by atoms with Gasteiger partial charge in [-0.1, -0.05) is 11.6 Å². The summed E-state index contributed by atoms with van der Waals surface area (Å²) in [6.07, 6.45) is -4.54. The van der Waals surface area contributed by atoms with Crippen LogP contribution in [0.2, 0.25) is 5.15 Å². The molecule has 0 atom stereocenters. The zero-order chi connectivity index (χ0) is 14.1. The topological polar surface area (TPSA) is 36.4 Å². The summed E-state index contributed by atoms with van der Waals surface area (Å²) >= 11 is 5.52. The number of amides is 2. The van der Waals surface area contributed by atoms with E-state index in [4.69, 9.17) is 11.6 Å². The quantitative estimate of drug-likeness (QED) is 0.742. The van der Waals surface area contributed by atoms with Crippen molar-refractivity contribution < 1.29 is 18.0 Å². The fourth-order valence-corrected chi connectivity index (χ4v) is 1.42. The van der Waals surface area contributed by atoms with Crippen molar-refractivity contribution in [2.45, 2.75) is 6.18 Å². The summed E-state index contributed by atoms with van der Waals surface area (Å²) in [5.74, 6) is -0.159. The molecule has 4 nitrogen and oxygen atoms in total. The van der Waals surface area contributed by atoms with Gasteiger partial charge in [0.1, 0.15) is 11.0 Å². The van der Waals surface area contributed by atoms with Crippen LogP contribution >= 0.6 is 11.6 Å². The third-order valence-electron chi connectivity index (χ3n) is 2.12. The fraction of sp³-hybridized carbons (Fsp3) is 0.400. The van der Waals surface area contributed by atoms with E-state index in [1.165, 1.54) is 26.0 Å². The molecule has 1 aromatic rings. The SMILES string of the molecule is CN(C)C(=O)N(C)c1cc(C(F)(F)F)cc(Cl)n1. The number of nitrogens with zero attached hydrogens (tertiary/aromatic N) is 3. The number of pyridine rings is 1. The second-order valence-electron chi connectivity index (χ2n) is 3.77. The summed E-state index contributed by atoms with van der Waals surface area (Å²) in [5, 5.41) is -0.321. The molecule has 1 aromatic heterocycles. The lowest BCUT2D eigenvalue weighted by Crippen LogP contribution is -2.37. The van der Waals surface area contributed by atoms with Gasteiger partial charge in [-0.3, -0.25) is 4.90 Å². The van der Waals surface area contributed by atoms with Crippen molar-refractivity contribution in [3.63, 3.8) is 0 Å². The monoisotopic (exact) mass is 281 g/mol. The summed E-state index contributed by atoms with van der Waals surface area (Å²) in [6.45, 7) is 0. The van der Waals surface area contributed by atoms with Crippen LogP contribution in [0.3, 0.4) is 0 Å². The standard InChI is InChI=1S/C10H11ClF3N3O/c1-16(2)9(18)17(3)8-5-6(10(12,13)14)4-7(11)15-8/h4-5H,1-3H3. The number of carbonyl (C=O) groups is 1. The second kappa shape index (κ2) is 5.01. The molecule has 0 radical (unpaired) electrons. The molecular formula is C10H11ClF3N3O. The zero-order valence-electron chi connectivity index (χ0n) is 9.92. The average Bonchev–Trinajstić information content (AvgIpc) is 2.24. The van der Waals surface area contributed by atoms with Crippen LogP contribution in [-0.2, 0) is 6.18 Å². The molecule has 0 unspecified atom stereocenters. The minimum atomic E-state index is -4.54. The van der Waals surface area contributed by atoms with E-state index in [9.17, 15) is 18.0 Å². The van der Waals surface area contributed by atoms with Crippen molar-refractivity contribution >= 4 is 23.4 Å². The smallest absolute Gasteiger partial charge is 0.330 e. The summed E-state index contributed by atoms with van der Waals surface area (Å²) in [4.78, 5) is 17.5. The molecule has 1 heterocycles. The molecule has 100 valence electrons. The molecule has 8 heteroatoms. The maximum absolute atomic E-state index is 12.6. The number of alkyl halides is 3. The molecule has 0 bridgehead atoms. The molecule has 1 rings (SSSR count). The Kier molecular flexibility index (Phi) is 4.05. The van der Waals surface area contributed by atoms with E-state index in [0.717, 1.165) is 11.0 Å². The summed E-state index contributed by atoms with van der Waals surface area (Å²) < 4.78 is 37.7. The van der Waals surface area contributed by atoms with Crippen molar-refractivity contribution in [3.05, 3.63) is 22.8 Å². The van der Waals surface area contributed by atoms with E-state index in [1.807, 2.05) is 0 Å². The van der Waals surface area contributed by atoms with Gasteiger partial charge in [-0.05, 0) is 12.1 Å². The second-order valence-corrected chi connectivity index (χ2v) is 4.16. The number of hydrogen-bond acceptors (Lipinski definition) is 2. The predicted octanol–water partition coefficient (Wildman–Crippen LogP) is 2.87. The first-order chi connectivity index (χ1) is 8.12. The van der Waals surface area contributed by atoms with E-state index in [0.29, 0.717) is 6.07 Å². The third-order valence-corrected chi connectivity index (χ3v) is 2.31. The molecule has 0 saturated heterocycles. The average molecular weight is 282 g/mol. The fourth-order valence-electron chi connectivity index (χ4n) is 1.22. The van der Waals surface area contributed by atoms with Gasteiger partial charge in [0.05, 0.1) is 5.56 Å². The van der Waals surface area contributed by atoms with E-state index in [2.05, 4.69) is 4.98 Å². The number of rotatable bonds is 1. The number of anilines is 1. The van der Waals surface area contributed by atoms with E-state index >= 15 is 0 Å². The van der Waals surface area contributed by atoms with Gasteiger partial charge in [0.2, 0.25) is 0 Å². The highest BCUT2D eigenvalue weighted by Crippen LogP contribution is 2.32. The maximum atomic E-state index is 12.6. The number of carbonyl (C=O) groups excluding carboxylic acids is 1. The Morgan fingerprint density at radius 1 is 1.28 bits per heavy atom. The molecule has 0 aliphatic rings. The van der Waals surface area contributed by atoms with Crippen molar-refractivity contribution in [2.24, 2.45) is 0 Å². The van der Waals surface area contributed by atoms with Crippen molar-refractivity contribution in [1.29, 1.82) is 0 Å². The van der Waals surface area contributed by atoms with Gasteiger partial charge in [-0.15, -0.1) is 0 Å². The minimum Gasteiger partial charge on any atom is -0.330 e. The largest absolute Gasteiger partial charge is 0.416 e. The van der Waals surface area contributed by atoms with Crippen LogP contribution in [0.4, 0.5) is 23.8 Å². The Labute approximate surface area is 107 Å². The lowest BCUT2D eigenvalue weighted by atomic mass is 10.2. The Morgan fingerprint density at radius 2 is 1.83 bits per heavy atom. The lowest BCUT2D eigenvalue weighted by Gasteiger charge is -2.21. The van der Waals surface area contributed by atoms with Gasteiger partial charge in [-0.2, -0.15) is 13.2 Å². The van der Waals surface area contributed by atoms with Crippen LogP contribution in [0, 0.1) is 0 Å². The molecular weight excluding hydrogens is 271 g/mol. The molecule has 2 amide bonds. The molecule has 0 fully saturated rings. The normalized spacial score (nSPS) is 11.3. The Balaban J connectivity index is 3.18. The van der Waals surface area contributed by atoms with Crippen LogP contribution in [0.15, 0.2) is 12.1 Å². The lowest BCUT2D eigenvalue weighted by molar-refractivity contribution is -0.137. The minimum absolute atomic E-state index is 0.159. The van der Waals surface area contributed by atoms with E-state index in [-0.39, 0.29) is 11.0 Å². The first kappa shape index (κ1) is 14.6. The summed E-state index contributed by atoms with van der Waals surface area (Å²) in [6, 6.07) is 0.977. The Bertz CT molecular complexity index is 462. The van der Waals surface area contributed by atoms with Crippen molar-refractivity contribution in [3.8, 4) is 0 Å². The van der Waals surface area contributed by atoms with Gasteiger partial charge in [0, 0.05) is 21.1 Å². The van der Waals surface area contributed by atoms with Crippen molar-refractivity contribution in [2.75, 3.05) is 26.0 Å². The van der Waals surface area contributed by atoms with E-state index < -0.39 is 17.8 Å². The highest BCUT2D eigenvalue weighted by molar-refractivity contribution is 6.29. The zero-order valence-corrected chi connectivity index (χ0v) is 10.7. The predicted molar refractivity (Wildman–Crippen MR) is 61.7 cm³/mol. The number of aromatic nitrogens is 1. The highest BCUT2D eigenvalue weighted by atomic mass is 35.5. The Hall–Kier alpha value is -1.50. The van der Waals surface area contributed by atoms with Crippen LogP contribution < -0.4 is 4.90 Å². The molecule has 0 aliphatic carbocycles. The van der Waals surface area contributed by atoms with Crippen LogP contribution in [-0.4, -0.2) is 37.1 Å². The van der Waals surface area contributed by atoms with Crippen LogP contribution in [0.5, 0.6) is 0 Å². The third kappa shape index (κ3) is 3.25. The number of hydrogen-bond donors (Lipinski definition) is 0. The number of halogens is 4. The Morgan fingerprint density at radius 3 is 2.28 bits per heavy atom. The van der Waals surface area contributed by atoms with Gasteiger partial charge in [-0.25, -0.2) is 9.78 Å². The molecule has 0 N–H and O–H groups in total. The van der Waals surface area contributed by atoms with Gasteiger partial charge < -0.3 is 4.90 Å². The van der Waals surface area contributed by atoms with E-state index in [1.54, 1.807) is 0 Å². The van der Waals surface area contributed by atoms with Crippen molar-refractivity contribution in [1.82, 2.24) is 9.88 Å². The molecule has 18 heavy (non-hydrogen) atoms. The molecule has 0 saturated carbocycles. The van der Waals surface area contributed by atoms with Gasteiger partial charge >= 0.3 is 12.2 Å². The first-order valence-electron chi connectivity index (χ1n) is 4.82. The van der Waals surface area contributed by atoms with Crippen LogP contribution in [0.25, 0.3) is 0 Å². The molecule has 0 aliphatic heterocycles. The highest BCUT2D eigenvalue weighted by Gasteiger charge is 2.32. The van der Waals surface area contributed by atoms with Crippen LogP contribution in [0.1, 0.15) is 5.56 Å². The summed E-state index contributed by atoms with van der Waals surface area (Å²) in [5.41, 5.74) is -0.948.